The van der Waals surface area contributed by atoms with Gasteiger partial charge in [0.15, 0.2) is 0 Å². The summed E-state index contributed by atoms with van der Waals surface area (Å²) < 4.78 is 5.57. The SMILES string of the molecule is CNC1CCOCC1Cc1ccc(C)cc1Cl. The van der Waals surface area contributed by atoms with E-state index in [2.05, 4.69) is 24.4 Å². The van der Waals surface area contributed by atoms with Crippen LogP contribution in [0.1, 0.15) is 17.5 Å². The minimum absolute atomic E-state index is 0.522. The van der Waals surface area contributed by atoms with E-state index in [9.17, 15) is 0 Å². The van der Waals surface area contributed by atoms with Gasteiger partial charge in [-0.1, -0.05) is 23.7 Å². The van der Waals surface area contributed by atoms with E-state index in [0.717, 1.165) is 31.1 Å². The third-order valence-corrected chi connectivity index (χ3v) is 3.89. The Morgan fingerprint density at radius 1 is 1.47 bits per heavy atom. The normalized spacial score (nSPS) is 24.9. The predicted molar refractivity (Wildman–Crippen MR) is 71.7 cm³/mol. The van der Waals surface area contributed by atoms with Crippen LogP contribution in [0.15, 0.2) is 18.2 Å². The van der Waals surface area contributed by atoms with E-state index >= 15 is 0 Å². The van der Waals surface area contributed by atoms with Gasteiger partial charge in [-0.15, -0.1) is 0 Å². The van der Waals surface area contributed by atoms with Gasteiger partial charge in [-0.2, -0.15) is 0 Å². The Morgan fingerprint density at radius 3 is 3.00 bits per heavy atom. The smallest absolute Gasteiger partial charge is 0.0512 e. The van der Waals surface area contributed by atoms with Crippen molar-refractivity contribution < 1.29 is 4.74 Å². The average Bonchev–Trinajstić information content (AvgIpc) is 2.33. The molecule has 1 fully saturated rings. The first-order valence-corrected chi connectivity index (χ1v) is 6.58. The Balaban J connectivity index is 2.08. The maximum Gasteiger partial charge on any atom is 0.0512 e. The quantitative estimate of drug-likeness (QED) is 0.895. The Hall–Kier alpha value is -0.570. The molecule has 1 aliphatic heterocycles. The van der Waals surface area contributed by atoms with Crippen LogP contribution < -0.4 is 5.32 Å². The van der Waals surface area contributed by atoms with Crippen LogP contribution in [-0.4, -0.2) is 26.3 Å². The molecule has 0 spiro atoms. The first-order chi connectivity index (χ1) is 8.20. The van der Waals surface area contributed by atoms with E-state index < -0.39 is 0 Å². The average molecular weight is 254 g/mol. The minimum Gasteiger partial charge on any atom is -0.381 e. The molecule has 94 valence electrons. The lowest BCUT2D eigenvalue weighted by Crippen LogP contribution is -2.41. The van der Waals surface area contributed by atoms with Gasteiger partial charge in [0.05, 0.1) is 6.61 Å². The molecule has 0 bridgehead atoms. The molecule has 1 aromatic rings. The highest BCUT2D eigenvalue weighted by Gasteiger charge is 2.25. The number of benzene rings is 1. The molecule has 1 heterocycles. The highest BCUT2D eigenvalue weighted by molar-refractivity contribution is 6.31. The van der Waals surface area contributed by atoms with E-state index in [4.69, 9.17) is 16.3 Å². The standard InChI is InChI=1S/C14H20ClNO/c1-10-3-4-11(13(15)7-10)8-12-9-17-6-5-14(12)16-2/h3-4,7,12,14,16H,5-6,8-9H2,1-2H3. The van der Waals surface area contributed by atoms with Gasteiger partial charge in [0.25, 0.3) is 0 Å². The molecular weight excluding hydrogens is 234 g/mol. The number of ether oxygens (including phenoxy) is 1. The molecule has 1 saturated heterocycles. The van der Waals surface area contributed by atoms with Crippen LogP contribution in [0.2, 0.25) is 5.02 Å². The molecule has 0 aromatic heterocycles. The van der Waals surface area contributed by atoms with Crippen LogP contribution in [0.25, 0.3) is 0 Å². The van der Waals surface area contributed by atoms with Crippen molar-refractivity contribution in [1.82, 2.24) is 5.32 Å². The summed E-state index contributed by atoms with van der Waals surface area (Å²) in [6.45, 7) is 3.76. The number of hydrogen-bond donors (Lipinski definition) is 1. The predicted octanol–water partition coefficient (Wildman–Crippen LogP) is 2.82. The van der Waals surface area contributed by atoms with Crippen molar-refractivity contribution in [3.05, 3.63) is 34.3 Å². The summed E-state index contributed by atoms with van der Waals surface area (Å²) in [5.74, 6) is 0.522. The van der Waals surface area contributed by atoms with E-state index in [0.29, 0.717) is 12.0 Å². The third kappa shape index (κ3) is 3.21. The first-order valence-electron chi connectivity index (χ1n) is 6.20. The Bertz CT molecular complexity index is 380. The molecule has 17 heavy (non-hydrogen) atoms. The lowest BCUT2D eigenvalue weighted by Gasteiger charge is -2.31. The van der Waals surface area contributed by atoms with Crippen LogP contribution in [0.3, 0.4) is 0 Å². The lowest BCUT2D eigenvalue weighted by atomic mass is 9.89. The lowest BCUT2D eigenvalue weighted by molar-refractivity contribution is 0.0342. The second kappa shape index (κ2) is 5.85. The summed E-state index contributed by atoms with van der Waals surface area (Å²) >= 11 is 6.28. The summed E-state index contributed by atoms with van der Waals surface area (Å²) in [5.41, 5.74) is 2.44. The Kier molecular flexibility index (Phi) is 4.43. The molecule has 1 aliphatic rings. The van der Waals surface area contributed by atoms with Gasteiger partial charge >= 0.3 is 0 Å². The van der Waals surface area contributed by atoms with E-state index in [-0.39, 0.29) is 0 Å². The van der Waals surface area contributed by atoms with Crippen molar-refractivity contribution in [3.8, 4) is 0 Å². The van der Waals surface area contributed by atoms with Crippen molar-refractivity contribution in [2.75, 3.05) is 20.3 Å². The molecule has 2 unspecified atom stereocenters. The Labute approximate surface area is 108 Å². The van der Waals surface area contributed by atoms with Gasteiger partial charge in [0.1, 0.15) is 0 Å². The van der Waals surface area contributed by atoms with Gasteiger partial charge in [0.2, 0.25) is 0 Å². The molecule has 1 aromatic carbocycles. The summed E-state index contributed by atoms with van der Waals surface area (Å²) in [5, 5.41) is 4.26. The highest BCUT2D eigenvalue weighted by atomic mass is 35.5. The van der Waals surface area contributed by atoms with Crippen LogP contribution in [-0.2, 0) is 11.2 Å². The molecule has 0 amide bonds. The number of halogens is 1. The van der Waals surface area contributed by atoms with Crippen molar-refractivity contribution >= 4 is 11.6 Å². The van der Waals surface area contributed by atoms with E-state index in [1.807, 2.05) is 13.1 Å². The van der Waals surface area contributed by atoms with Crippen LogP contribution in [0.4, 0.5) is 0 Å². The van der Waals surface area contributed by atoms with E-state index in [1.54, 1.807) is 0 Å². The molecule has 2 nitrogen and oxygen atoms in total. The highest BCUT2D eigenvalue weighted by Crippen LogP contribution is 2.25. The topological polar surface area (TPSA) is 21.3 Å². The minimum atomic E-state index is 0.522. The first kappa shape index (κ1) is 12.9. The van der Waals surface area contributed by atoms with E-state index in [1.165, 1.54) is 11.1 Å². The van der Waals surface area contributed by atoms with Crippen molar-refractivity contribution in [1.29, 1.82) is 0 Å². The summed E-state index contributed by atoms with van der Waals surface area (Å²) in [6, 6.07) is 6.84. The van der Waals surface area contributed by atoms with Crippen LogP contribution in [0.5, 0.6) is 0 Å². The zero-order valence-electron chi connectivity index (χ0n) is 10.5. The molecule has 0 radical (unpaired) electrons. The zero-order chi connectivity index (χ0) is 12.3. The van der Waals surface area contributed by atoms with Gasteiger partial charge in [0, 0.05) is 23.6 Å². The summed E-state index contributed by atoms with van der Waals surface area (Å²) in [6.07, 6.45) is 2.08. The largest absolute Gasteiger partial charge is 0.381 e. The van der Waals surface area contributed by atoms with Crippen LogP contribution >= 0.6 is 11.6 Å². The fraction of sp³-hybridized carbons (Fsp3) is 0.571. The van der Waals surface area contributed by atoms with Crippen LogP contribution in [0, 0.1) is 12.8 Å². The van der Waals surface area contributed by atoms with Gasteiger partial charge in [-0.3, -0.25) is 0 Å². The number of nitrogens with one attached hydrogen (secondary N) is 1. The van der Waals surface area contributed by atoms with Crippen molar-refractivity contribution in [2.24, 2.45) is 5.92 Å². The fourth-order valence-corrected chi connectivity index (χ4v) is 2.79. The molecule has 1 N–H and O–H groups in total. The number of hydrogen-bond acceptors (Lipinski definition) is 2. The maximum atomic E-state index is 6.28. The summed E-state index contributed by atoms with van der Waals surface area (Å²) in [7, 11) is 2.03. The maximum absolute atomic E-state index is 6.28. The monoisotopic (exact) mass is 253 g/mol. The second-order valence-corrected chi connectivity index (χ2v) is 5.23. The van der Waals surface area contributed by atoms with Gasteiger partial charge in [-0.25, -0.2) is 0 Å². The van der Waals surface area contributed by atoms with Gasteiger partial charge < -0.3 is 10.1 Å². The zero-order valence-corrected chi connectivity index (χ0v) is 11.3. The fourth-order valence-electron chi connectivity index (χ4n) is 2.48. The summed E-state index contributed by atoms with van der Waals surface area (Å²) in [4.78, 5) is 0. The number of rotatable bonds is 3. The molecule has 2 rings (SSSR count). The third-order valence-electron chi connectivity index (χ3n) is 3.54. The Morgan fingerprint density at radius 2 is 2.29 bits per heavy atom. The molecule has 3 heteroatoms. The molecule has 0 saturated carbocycles. The molecule has 2 atom stereocenters. The number of aryl methyl sites for hydroxylation is 1. The molecule has 0 aliphatic carbocycles. The second-order valence-electron chi connectivity index (χ2n) is 4.82. The van der Waals surface area contributed by atoms with Crippen molar-refractivity contribution in [3.63, 3.8) is 0 Å². The van der Waals surface area contributed by atoms with Crippen molar-refractivity contribution in [2.45, 2.75) is 25.8 Å². The van der Waals surface area contributed by atoms with Gasteiger partial charge in [-0.05, 0) is 44.0 Å². The molecular formula is C14H20ClNO.